The molecule has 0 atom stereocenters. The van der Waals surface area contributed by atoms with Crippen LogP contribution in [0.3, 0.4) is 0 Å². The number of rotatable bonds is 8. The Hall–Kier alpha value is -4.20. The standard InChI is InChI=1S/C27H28N4O4/c1-34-23-13-12-21(15-24(23)35-22-6-2-3-7-22)31(17-18-5-4-14-28-16-18)20-10-8-19(9-11-20)25-26(32)30-27(33)29-25/h4-5,8-16,22,32H,2-3,6-7,17H2,1H3,(H2,29,30,33). The van der Waals surface area contributed by atoms with Gasteiger partial charge in [-0.15, -0.1) is 0 Å². The second kappa shape index (κ2) is 9.97. The van der Waals surface area contributed by atoms with Crippen molar-refractivity contribution in [1.82, 2.24) is 15.0 Å². The summed E-state index contributed by atoms with van der Waals surface area (Å²) >= 11 is 0. The van der Waals surface area contributed by atoms with Crippen molar-refractivity contribution >= 4 is 11.4 Å². The Labute approximate surface area is 203 Å². The fourth-order valence-corrected chi connectivity index (χ4v) is 4.51. The lowest BCUT2D eigenvalue weighted by molar-refractivity contribution is 0.201. The minimum absolute atomic E-state index is 0.182. The highest BCUT2D eigenvalue weighted by Crippen LogP contribution is 2.38. The van der Waals surface area contributed by atoms with E-state index in [0.717, 1.165) is 35.5 Å². The maximum atomic E-state index is 11.5. The summed E-state index contributed by atoms with van der Waals surface area (Å²) in [5, 5.41) is 10.0. The zero-order chi connectivity index (χ0) is 24.2. The Morgan fingerprint density at radius 1 is 1.03 bits per heavy atom. The van der Waals surface area contributed by atoms with Crippen LogP contribution in [0.15, 0.2) is 71.8 Å². The third-order valence-electron chi connectivity index (χ3n) is 6.29. The van der Waals surface area contributed by atoms with Crippen LogP contribution in [0.1, 0.15) is 31.2 Å². The molecule has 180 valence electrons. The summed E-state index contributed by atoms with van der Waals surface area (Å²) in [6.45, 7) is 0.592. The second-order valence-electron chi connectivity index (χ2n) is 8.66. The van der Waals surface area contributed by atoms with Gasteiger partial charge in [0.05, 0.1) is 13.2 Å². The Balaban J connectivity index is 1.51. The molecule has 35 heavy (non-hydrogen) atoms. The fraction of sp³-hybridized carbons (Fsp3) is 0.259. The summed E-state index contributed by atoms with van der Waals surface area (Å²) in [6.07, 6.45) is 8.31. The number of hydrogen-bond acceptors (Lipinski definition) is 6. The van der Waals surface area contributed by atoms with Gasteiger partial charge in [-0.2, -0.15) is 0 Å². The average Bonchev–Trinajstić information content (AvgIpc) is 3.52. The van der Waals surface area contributed by atoms with E-state index in [-0.39, 0.29) is 12.0 Å². The van der Waals surface area contributed by atoms with Gasteiger partial charge in [0.15, 0.2) is 11.5 Å². The summed E-state index contributed by atoms with van der Waals surface area (Å²) in [5.41, 5.74) is 3.55. The molecule has 0 spiro atoms. The highest BCUT2D eigenvalue weighted by molar-refractivity contribution is 5.71. The van der Waals surface area contributed by atoms with Crippen LogP contribution in [0.4, 0.5) is 11.4 Å². The molecule has 1 aliphatic rings. The zero-order valence-electron chi connectivity index (χ0n) is 19.5. The molecule has 1 fully saturated rings. The van der Waals surface area contributed by atoms with Gasteiger partial charge in [-0.3, -0.25) is 9.97 Å². The smallest absolute Gasteiger partial charge is 0.326 e. The van der Waals surface area contributed by atoms with Crippen molar-refractivity contribution in [3.8, 4) is 28.6 Å². The number of H-pyrrole nitrogens is 2. The van der Waals surface area contributed by atoms with Crippen LogP contribution >= 0.6 is 0 Å². The lowest BCUT2D eigenvalue weighted by atomic mass is 10.1. The minimum Gasteiger partial charge on any atom is -0.493 e. The first-order valence-corrected chi connectivity index (χ1v) is 11.7. The maximum absolute atomic E-state index is 11.5. The molecule has 0 bridgehead atoms. The number of hydrogen-bond donors (Lipinski definition) is 3. The first-order valence-electron chi connectivity index (χ1n) is 11.7. The third-order valence-corrected chi connectivity index (χ3v) is 6.29. The van der Waals surface area contributed by atoms with Crippen LogP contribution in [-0.4, -0.2) is 33.3 Å². The largest absolute Gasteiger partial charge is 0.493 e. The number of ether oxygens (including phenoxy) is 2. The lowest BCUT2D eigenvalue weighted by Crippen LogP contribution is -2.17. The number of aromatic hydroxyl groups is 1. The van der Waals surface area contributed by atoms with E-state index in [1.165, 1.54) is 12.8 Å². The van der Waals surface area contributed by atoms with Gasteiger partial charge in [0.1, 0.15) is 5.69 Å². The molecule has 5 rings (SSSR count). The number of aromatic nitrogens is 3. The van der Waals surface area contributed by atoms with Gasteiger partial charge in [-0.05, 0) is 61.6 Å². The van der Waals surface area contributed by atoms with E-state index in [2.05, 4.69) is 19.9 Å². The molecule has 1 saturated carbocycles. The summed E-state index contributed by atoms with van der Waals surface area (Å²) < 4.78 is 11.9. The first kappa shape index (κ1) is 22.6. The number of nitrogens with one attached hydrogen (secondary N) is 2. The molecular weight excluding hydrogens is 444 g/mol. The van der Waals surface area contributed by atoms with E-state index in [4.69, 9.17) is 9.47 Å². The van der Waals surface area contributed by atoms with Gasteiger partial charge in [0.2, 0.25) is 5.88 Å². The molecule has 2 aromatic heterocycles. The number of benzene rings is 2. The predicted octanol–water partition coefficient (Wildman–Crippen LogP) is 5.14. The highest BCUT2D eigenvalue weighted by Gasteiger charge is 2.20. The van der Waals surface area contributed by atoms with Gasteiger partial charge in [0, 0.05) is 41.9 Å². The Bertz CT molecular complexity index is 1330. The van der Waals surface area contributed by atoms with Crippen molar-refractivity contribution < 1.29 is 14.6 Å². The quantitative estimate of drug-likeness (QED) is 0.328. The minimum atomic E-state index is -0.451. The van der Waals surface area contributed by atoms with E-state index in [1.807, 2.05) is 60.8 Å². The average molecular weight is 473 g/mol. The summed E-state index contributed by atoms with van der Waals surface area (Å²) in [7, 11) is 1.66. The molecule has 0 amide bonds. The van der Waals surface area contributed by atoms with E-state index >= 15 is 0 Å². The van der Waals surface area contributed by atoms with Crippen molar-refractivity contribution in [2.75, 3.05) is 12.0 Å². The van der Waals surface area contributed by atoms with Crippen molar-refractivity contribution in [1.29, 1.82) is 0 Å². The van der Waals surface area contributed by atoms with Gasteiger partial charge in [-0.25, -0.2) is 4.79 Å². The fourth-order valence-electron chi connectivity index (χ4n) is 4.51. The van der Waals surface area contributed by atoms with Crippen LogP contribution in [0.5, 0.6) is 17.4 Å². The van der Waals surface area contributed by atoms with Gasteiger partial charge in [0.25, 0.3) is 0 Å². The molecule has 0 radical (unpaired) electrons. The van der Waals surface area contributed by atoms with Crippen LogP contribution in [0.2, 0.25) is 0 Å². The van der Waals surface area contributed by atoms with Gasteiger partial charge in [-0.1, -0.05) is 18.2 Å². The Morgan fingerprint density at radius 3 is 2.46 bits per heavy atom. The second-order valence-corrected chi connectivity index (χ2v) is 8.66. The van der Waals surface area contributed by atoms with Crippen molar-refractivity contribution in [2.45, 2.75) is 38.3 Å². The molecule has 0 unspecified atom stereocenters. The molecule has 8 nitrogen and oxygen atoms in total. The Morgan fingerprint density at radius 2 is 1.80 bits per heavy atom. The monoisotopic (exact) mass is 472 g/mol. The molecule has 3 N–H and O–H groups in total. The molecule has 2 heterocycles. The van der Waals surface area contributed by atoms with E-state index in [1.54, 1.807) is 13.3 Å². The number of methoxy groups -OCH3 is 1. The van der Waals surface area contributed by atoms with Crippen LogP contribution in [0, 0.1) is 0 Å². The third kappa shape index (κ3) is 5.01. The van der Waals surface area contributed by atoms with Crippen LogP contribution in [0.25, 0.3) is 11.3 Å². The van der Waals surface area contributed by atoms with Crippen molar-refractivity contribution in [3.05, 3.63) is 83.0 Å². The molecule has 2 aromatic carbocycles. The van der Waals surface area contributed by atoms with Gasteiger partial charge < -0.3 is 24.5 Å². The van der Waals surface area contributed by atoms with Crippen LogP contribution < -0.4 is 20.1 Å². The number of pyridine rings is 1. The molecule has 8 heteroatoms. The number of nitrogens with zero attached hydrogens (tertiary/aromatic N) is 2. The highest BCUT2D eigenvalue weighted by atomic mass is 16.5. The van der Waals surface area contributed by atoms with Crippen LogP contribution in [-0.2, 0) is 6.54 Å². The SMILES string of the molecule is COc1ccc(N(Cc2cccnc2)c2ccc(-c3[nH]c(=O)[nH]c3O)cc2)cc1OC1CCCC1. The van der Waals surface area contributed by atoms with E-state index in [9.17, 15) is 9.90 Å². The van der Waals surface area contributed by atoms with Gasteiger partial charge >= 0.3 is 5.69 Å². The van der Waals surface area contributed by atoms with E-state index in [0.29, 0.717) is 23.6 Å². The number of aromatic amines is 2. The lowest BCUT2D eigenvalue weighted by Gasteiger charge is -2.27. The molecule has 4 aromatic rings. The first-order chi connectivity index (χ1) is 17.1. The van der Waals surface area contributed by atoms with Crippen molar-refractivity contribution in [3.63, 3.8) is 0 Å². The van der Waals surface area contributed by atoms with Crippen molar-refractivity contribution in [2.24, 2.45) is 0 Å². The molecule has 1 aliphatic carbocycles. The molecule has 0 saturated heterocycles. The zero-order valence-corrected chi connectivity index (χ0v) is 19.5. The Kier molecular flexibility index (Phi) is 6.43. The normalized spacial score (nSPS) is 13.6. The summed E-state index contributed by atoms with van der Waals surface area (Å²) in [4.78, 5) is 23.0. The summed E-state index contributed by atoms with van der Waals surface area (Å²) in [6, 6.07) is 17.6. The predicted molar refractivity (Wildman–Crippen MR) is 134 cm³/mol. The number of anilines is 2. The molecule has 0 aliphatic heterocycles. The molecular formula is C27H28N4O4. The maximum Gasteiger partial charge on any atom is 0.326 e. The topological polar surface area (TPSA) is 103 Å². The summed E-state index contributed by atoms with van der Waals surface area (Å²) in [5.74, 6) is 1.27. The van der Waals surface area contributed by atoms with E-state index < -0.39 is 5.69 Å². The number of imidazole rings is 1.